The van der Waals surface area contributed by atoms with E-state index in [0.29, 0.717) is 23.0 Å². The average Bonchev–Trinajstić information content (AvgIpc) is 3.27. The van der Waals surface area contributed by atoms with Gasteiger partial charge in [-0.05, 0) is 43.5 Å². The molecule has 0 radical (unpaired) electrons. The van der Waals surface area contributed by atoms with E-state index >= 15 is 0 Å². The van der Waals surface area contributed by atoms with Gasteiger partial charge in [0, 0.05) is 24.2 Å². The zero-order valence-corrected chi connectivity index (χ0v) is 14.2. The first-order valence-electron chi connectivity index (χ1n) is 7.51. The maximum Gasteiger partial charge on any atom is 0.243 e. The molecule has 0 aliphatic heterocycles. The molecule has 1 aliphatic rings. The van der Waals surface area contributed by atoms with Crippen molar-refractivity contribution in [3.63, 3.8) is 0 Å². The summed E-state index contributed by atoms with van der Waals surface area (Å²) in [6, 6.07) is 5.22. The Bertz CT molecular complexity index is 585. The average molecular weight is 331 g/mol. The van der Waals surface area contributed by atoms with Crippen LogP contribution in [0.4, 0.5) is 0 Å². The van der Waals surface area contributed by atoms with Gasteiger partial charge in [-0.2, -0.15) is 4.31 Å². The van der Waals surface area contributed by atoms with Crippen LogP contribution in [0.1, 0.15) is 38.7 Å². The quantitative estimate of drug-likeness (QED) is 0.797. The summed E-state index contributed by atoms with van der Waals surface area (Å²) < 4.78 is 27.1. The lowest BCUT2D eigenvalue weighted by molar-refractivity contribution is 0.403. The first kappa shape index (κ1) is 16.7. The molecule has 1 N–H and O–H groups in total. The fourth-order valence-corrected chi connectivity index (χ4v) is 4.42. The van der Waals surface area contributed by atoms with E-state index in [0.717, 1.165) is 31.4 Å². The van der Waals surface area contributed by atoms with Gasteiger partial charge in [0.15, 0.2) is 0 Å². The van der Waals surface area contributed by atoms with Crippen LogP contribution in [0.2, 0.25) is 5.02 Å². The summed E-state index contributed by atoms with van der Waals surface area (Å²) in [4.78, 5) is 0.299. The van der Waals surface area contributed by atoms with Gasteiger partial charge < -0.3 is 5.32 Å². The van der Waals surface area contributed by atoms with Crippen LogP contribution >= 0.6 is 11.6 Å². The SMILES string of the molecule is CCCN(C1CC1)S(=O)(=O)c1ccc(CNCC)c(Cl)c1. The van der Waals surface area contributed by atoms with Crippen LogP contribution < -0.4 is 5.32 Å². The fourth-order valence-electron chi connectivity index (χ4n) is 2.31. The number of hydrogen-bond donors (Lipinski definition) is 1. The minimum absolute atomic E-state index is 0.176. The van der Waals surface area contributed by atoms with Gasteiger partial charge in [0.05, 0.1) is 4.90 Å². The lowest BCUT2D eigenvalue weighted by Gasteiger charge is -2.21. The third kappa shape index (κ3) is 3.97. The molecule has 0 heterocycles. The highest BCUT2D eigenvalue weighted by Gasteiger charge is 2.37. The lowest BCUT2D eigenvalue weighted by atomic mass is 10.2. The second-order valence-corrected chi connectivity index (χ2v) is 7.68. The Hall–Kier alpha value is -0.620. The van der Waals surface area contributed by atoms with Gasteiger partial charge in [-0.3, -0.25) is 0 Å². The van der Waals surface area contributed by atoms with Crippen LogP contribution in [-0.4, -0.2) is 31.9 Å². The van der Waals surface area contributed by atoms with Gasteiger partial charge in [0.2, 0.25) is 10.0 Å². The minimum Gasteiger partial charge on any atom is -0.313 e. The number of nitrogens with one attached hydrogen (secondary N) is 1. The number of benzene rings is 1. The lowest BCUT2D eigenvalue weighted by Crippen LogP contribution is -2.33. The first-order chi connectivity index (χ1) is 10.0. The molecular formula is C15H23ClN2O2S. The Kier molecular flexibility index (Phi) is 5.66. The van der Waals surface area contributed by atoms with Crippen molar-refractivity contribution >= 4 is 21.6 Å². The van der Waals surface area contributed by atoms with E-state index in [2.05, 4.69) is 5.32 Å². The molecule has 0 spiro atoms. The molecule has 1 aliphatic carbocycles. The second kappa shape index (κ2) is 7.09. The van der Waals surface area contributed by atoms with Crippen molar-refractivity contribution in [1.82, 2.24) is 9.62 Å². The Morgan fingerprint density at radius 1 is 1.33 bits per heavy atom. The highest BCUT2D eigenvalue weighted by atomic mass is 35.5. The molecule has 4 nitrogen and oxygen atoms in total. The third-order valence-corrected chi connectivity index (χ3v) is 5.89. The maximum absolute atomic E-state index is 12.7. The van der Waals surface area contributed by atoms with Gasteiger partial charge >= 0.3 is 0 Å². The van der Waals surface area contributed by atoms with Crippen molar-refractivity contribution in [2.45, 2.75) is 50.6 Å². The van der Waals surface area contributed by atoms with Crippen molar-refractivity contribution in [1.29, 1.82) is 0 Å². The third-order valence-electron chi connectivity index (χ3n) is 3.59. The highest BCUT2D eigenvalue weighted by molar-refractivity contribution is 7.89. The molecule has 6 heteroatoms. The summed E-state index contributed by atoms with van der Waals surface area (Å²) in [5.41, 5.74) is 0.922. The van der Waals surface area contributed by atoms with Gasteiger partial charge in [0.1, 0.15) is 0 Å². The molecule has 0 atom stereocenters. The minimum atomic E-state index is -3.43. The summed E-state index contributed by atoms with van der Waals surface area (Å²) in [6.45, 7) is 6.09. The molecule has 1 saturated carbocycles. The number of nitrogens with zero attached hydrogens (tertiary/aromatic N) is 1. The maximum atomic E-state index is 12.7. The van der Waals surface area contributed by atoms with E-state index in [1.807, 2.05) is 13.8 Å². The Labute approximate surface area is 132 Å². The molecule has 0 unspecified atom stereocenters. The molecule has 118 valence electrons. The summed E-state index contributed by atoms with van der Waals surface area (Å²) in [5, 5.41) is 3.69. The summed E-state index contributed by atoms with van der Waals surface area (Å²) in [7, 11) is -3.43. The van der Waals surface area contributed by atoms with E-state index in [1.54, 1.807) is 22.5 Å². The molecular weight excluding hydrogens is 308 g/mol. The number of sulfonamides is 1. The predicted molar refractivity (Wildman–Crippen MR) is 86.0 cm³/mol. The topological polar surface area (TPSA) is 49.4 Å². The molecule has 21 heavy (non-hydrogen) atoms. The standard InChI is InChI=1S/C15H23ClN2O2S/c1-3-9-18(13-6-7-13)21(19,20)14-8-5-12(11-17-4-2)15(16)10-14/h5,8,10,13,17H,3-4,6-7,9,11H2,1-2H3. The summed E-state index contributed by atoms with van der Waals surface area (Å²) in [6.07, 6.45) is 2.75. The number of hydrogen-bond acceptors (Lipinski definition) is 3. The first-order valence-corrected chi connectivity index (χ1v) is 9.33. The molecule has 2 rings (SSSR count). The molecule has 1 aromatic carbocycles. The molecule has 1 fully saturated rings. The van der Waals surface area contributed by atoms with E-state index in [-0.39, 0.29) is 6.04 Å². The zero-order chi connectivity index (χ0) is 15.5. The second-order valence-electron chi connectivity index (χ2n) is 5.38. The molecule has 1 aromatic rings. The van der Waals surface area contributed by atoms with Crippen molar-refractivity contribution in [3.8, 4) is 0 Å². The van der Waals surface area contributed by atoms with Crippen LogP contribution in [0.15, 0.2) is 23.1 Å². The van der Waals surface area contributed by atoms with Crippen LogP contribution in [-0.2, 0) is 16.6 Å². The Balaban J connectivity index is 2.25. The zero-order valence-electron chi connectivity index (χ0n) is 12.6. The summed E-state index contributed by atoms with van der Waals surface area (Å²) >= 11 is 6.23. The summed E-state index contributed by atoms with van der Waals surface area (Å²) in [5.74, 6) is 0. The largest absolute Gasteiger partial charge is 0.313 e. The fraction of sp³-hybridized carbons (Fsp3) is 0.600. The van der Waals surface area contributed by atoms with E-state index in [1.165, 1.54) is 0 Å². The highest BCUT2D eigenvalue weighted by Crippen LogP contribution is 2.33. The van der Waals surface area contributed by atoms with E-state index < -0.39 is 10.0 Å². The molecule has 0 amide bonds. The van der Waals surface area contributed by atoms with Crippen molar-refractivity contribution in [2.75, 3.05) is 13.1 Å². The predicted octanol–water partition coefficient (Wildman–Crippen LogP) is 3.01. The van der Waals surface area contributed by atoms with Gasteiger partial charge in [0.25, 0.3) is 0 Å². The van der Waals surface area contributed by atoms with Crippen LogP contribution in [0.5, 0.6) is 0 Å². The van der Waals surface area contributed by atoms with Crippen molar-refractivity contribution in [2.24, 2.45) is 0 Å². The molecule has 0 aromatic heterocycles. The van der Waals surface area contributed by atoms with Crippen LogP contribution in [0, 0.1) is 0 Å². The van der Waals surface area contributed by atoms with Crippen molar-refractivity contribution < 1.29 is 8.42 Å². The van der Waals surface area contributed by atoms with E-state index in [4.69, 9.17) is 11.6 Å². The van der Waals surface area contributed by atoms with Crippen LogP contribution in [0.25, 0.3) is 0 Å². The smallest absolute Gasteiger partial charge is 0.243 e. The Morgan fingerprint density at radius 2 is 2.05 bits per heavy atom. The van der Waals surface area contributed by atoms with Gasteiger partial charge in [-0.1, -0.05) is 31.5 Å². The van der Waals surface area contributed by atoms with Gasteiger partial charge in [-0.25, -0.2) is 8.42 Å². The number of halogens is 1. The molecule has 0 bridgehead atoms. The van der Waals surface area contributed by atoms with Crippen molar-refractivity contribution in [3.05, 3.63) is 28.8 Å². The Morgan fingerprint density at radius 3 is 2.57 bits per heavy atom. The van der Waals surface area contributed by atoms with E-state index in [9.17, 15) is 8.42 Å². The molecule has 0 saturated heterocycles. The van der Waals surface area contributed by atoms with Crippen LogP contribution in [0.3, 0.4) is 0 Å². The normalized spacial score (nSPS) is 15.6. The monoisotopic (exact) mass is 330 g/mol. The number of rotatable bonds is 8. The van der Waals surface area contributed by atoms with Gasteiger partial charge in [-0.15, -0.1) is 0 Å².